The van der Waals surface area contributed by atoms with Crippen molar-refractivity contribution in [1.29, 1.82) is 0 Å². The fourth-order valence-corrected chi connectivity index (χ4v) is 7.17. The fraction of sp³-hybridized carbons (Fsp3) is 0.382. The van der Waals surface area contributed by atoms with Crippen LogP contribution in [0.4, 0.5) is 0 Å². The average Bonchev–Trinajstić information content (AvgIpc) is 3.50. The Morgan fingerprint density at radius 2 is 1.57 bits per heavy atom. The monoisotopic (exact) mass is 568 g/mol. The summed E-state index contributed by atoms with van der Waals surface area (Å²) in [6.07, 6.45) is 4.52. The summed E-state index contributed by atoms with van der Waals surface area (Å²) in [5, 5.41) is 14.2. The Labute approximate surface area is 245 Å². The summed E-state index contributed by atoms with van der Waals surface area (Å²) in [4.78, 5) is 43.3. The van der Waals surface area contributed by atoms with Crippen LogP contribution in [0.5, 0.6) is 11.5 Å². The minimum absolute atomic E-state index is 0.0581. The number of amides is 2. The van der Waals surface area contributed by atoms with Gasteiger partial charge in [0, 0.05) is 24.1 Å². The molecule has 4 unspecified atom stereocenters. The molecule has 42 heavy (non-hydrogen) atoms. The number of benzene rings is 3. The van der Waals surface area contributed by atoms with Crippen LogP contribution in [-0.2, 0) is 27.4 Å². The normalized spacial score (nSPS) is 25.8. The SMILES string of the molecule is COc1cccc(C2NC(Cc3ccccc3)(C(=O)O)C3C(=O)N(C4CCCCC4)C(=O)C23)c1OCc1ccccc1. The van der Waals surface area contributed by atoms with Gasteiger partial charge in [-0.2, -0.15) is 0 Å². The van der Waals surface area contributed by atoms with Crippen LogP contribution in [0.3, 0.4) is 0 Å². The van der Waals surface area contributed by atoms with E-state index in [0.29, 0.717) is 17.1 Å². The third-order valence-electron chi connectivity index (χ3n) is 9.13. The van der Waals surface area contributed by atoms with Gasteiger partial charge in [-0.15, -0.1) is 0 Å². The molecule has 1 saturated carbocycles. The Bertz CT molecular complexity index is 1460. The highest BCUT2D eigenvalue weighted by Gasteiger charge is 2.69. The van der Waals surface area contributed by atoms with E-state index in [1.807, 2.05) is 66.7 Å². The Hall–Kier alpha value is -4.17. The maximum Gasteiger partial charge on any atom is 0.325 e. The summed E-state index contributed by atoms with van der Waals surface area (Å²) < 4.78 is 12.0. The Morgan fingerprint density at radius 1 is 0.905 bits per heavy atom. The van der Waals surface area contributed by atoms with Crippen molar-refractivity contribution < 1.29 is 29.0 Å². The van der Waals surface area contributed by atoms with E-state index >= 15 is 0 Å². The molecular weight excluding hydrogens is 532 g/mol. The molecule has 2 N–H and O–H groups in total. The van der Waals surface area contributed by atoms with Gasteiger partial charge in [0.2, 0.25) is 11.8 Å². The number of methoxy groups -OCH3 is 1. The van der Waals surface area contributed by atoms with Gasteiger partial charge in [-0.3, -0.25) is 24.6 Å². The van der Waals surface area contributed by atoms with Gasteiger partial charge in [0.15, 0.2) is 11.5 Å². The van der Waals surface area contributed by atoms with Crippen LogP contribution in [-0.4, -0.2) is 46.5 Å². The molecule has 3 fully saturated rings. The predicted molar refractivity (Wildman–Crippen MR) is 156 cm³/mol. The molecule has 2 saturated heterocycles. The zero-order chi connectivity index (χ0) is 29.3. The average molecular weight is 569 g/mol. The summed E-state index contributed by atoms with van der Waals surface area (Å²) in [6.45, 7) is 0.254. The van der Waals surface area contributed by atoms with Gasteiger partial charge >= 0.3 is 5.97 Å². The number of carbonyl (C=O) groups excluding carboxylic acids is 2. The second-order valence-electron chi connectivity index (χ2n) is 11.6. The van der Waals surface area contributed by atoms with Crippen LogP contribution >= 0.6 is 0 Å². The van der Waals surface area contributed by atoms with E-state index < -0.39 is 29.4 Å². The lowest BCUT2D eigenvalue weighted by Crippen LogP contribution is -2.58. The van der Waals surface area contributed by atoms with Crippen molar-refractivity contribution in [3.05, 3.63) is 95.6 Å². The van der Waals surface area contributed by atoms with Gasteiger partial charge in [0.25, 0.3) is 0 Å². The standard InChI is InChI=1S/C34H36N2O6/c1-41-26-19-11-18-25(30(26)42-21-23-14-7-3-8-15-23)29-27-28(32(38)36(31(27)37)24-16-9-4-10-17-24)34(35-29,33(39)40)20-22-12-5-2-6-13-22/h2-3,5-8,11-15,18-19,24,27-29,35H,4,9-10,16-17,20-21H2,1H3,(H,39,40). The first-order valence-corrected chi connectivity index (χ1v) is 14.7. The Kier molecular flexibility index (Phi) is 7.73. The van der Waals surface area contributed by atoms with Gasteiger partial charge in [-0.1, -0.05) is 92.1 Å². The number of carboxylic acids is 1. The van der Waals surface area contributed by atoms with Gasteiger partial charge in [0.05, 0.1) is 18.9 Å². The van der Waals surface area contributed by atoms with E-state index in [2.05, 4.69) is 5.32 Å². The second kappa shape index (κ2) is 11.6. The van der Waals surface area contributed by atoms with Crippen LogP contribution in [0.25, 0.3) is 0 Å². The molecule has 6 rings (SSSR count). The molecule has 3 aromatic rings. The fourth-order valence-electron chi connectivity index (χ4n) is 7.17. The zero-order valence-corrected chi connectivity index (χ0v) is 23.7. The summed E-state index contributed by atoms with van der Waals surface area (Å²) in [7, 11) is 1.55. The van der Waals surface area contributed by atoms with Gasteiger partial charge in [0.1, 0.15) is 12.1 Å². The summed E-state index contributed by atoms with van der Waals surface area (Å²) in [6, 6.07) is 23.4. The lowest BCUT2D eigenvalue weighted by atomic mass is 9.76. The maximum absolute atomic E-state index is 14.3. The molecule has 2 aliphatic heterocycles. The minimum atomic E-state index is -1.69. The minimum Gasteiger partial charge on any atom is -0.493 e. The van der Waals surface area contributed by atoms with Crippen molar-refractivity contribution in [1.82, 2.24) is 10.2 Å². The van der Waals surface area contributed by atoms with Crippen molar-refractivity contribution in [2.75, 3.05) is 7.11 Å². The van der Waals surface area contributed by atoms with Gasteiger partial charge < -0.3 is 14.6 Å². The molecule has 0 bridgehead atoms. The van der Waals surface area contributed by atoms with E-state index in [1.54, 1.807) is 19.2 Å². The molecule has 2 amide bonds. The van der Waals surface area contributed by atoms with Crippen molar-refractivity contribution in [3.8, 4) is 11.5 Å². The number of nitrogens with one attached hydrogen (secondary N) is 1. The number of rotatable bonds is 9. The van der Waals surface area contributed by atoms with Gasteiger partial charge in [-0.05, 0) is 30.0 Å². The summed E-state index contributed by atoms with van der Waals surface area (Å²) >= 11 is 0. The van der Waals surface area contributed by atoms with Crippen molar-refractivity contribution in [3.63, 3.8) is 0 Å². The second-order valence-corrected chi connectivity index (χ2v) is 11.6. The van der Waals surface area contributed by atoms with Gasteiger partial charge in [-0.25, -0.2) is 0 Å². The quantitative estimate of drug-likeness (QED) is 0.353. The topological polar surface area (TPSA) is 105 Å². The number of fused-ring (bicyclic) bond motifs is 1. The maximum atomic E-state index is 14.3. The molecular formula is C34H36N2O6. The van der Waals surface area contributed by atoms with Crippen LogP contribution in [0.2, 0.25) is 0 Å². The molecule has 0 aromatic heterocycles. The number of aliphatic carboxylic acids is 1. The van der Waals surface area contributed by atoms with E-state index in [4.69, 9.17) is 9.47 Å². The van der Waals surface area contributed by atoms with E-state index in [-0.39, 0.29) is 30.9 Å². The number of hydrogen-bond donors (Lipinski definition) is 2. The predicted octanol–water partition coefficient (Wildman–Crippen LogP) is 4.92. The first-order valence-electron chi connectivity index (χ1n) is 14.7. The van der Waals surface area contributed by atoms with E-state index in [0.717, 1.165) is 43.2 Å². The Balaban J connectivity index is 1.46. The number of carboxylic acid groups (broad SMARTS) is 1. The number of ether oxygens (including phenoxy) is 2. The molecule has 4 atom stereocenters. The molecule has 0 spiro atoms. The lowest BCUT2D eigenvalue weighted by Gasteiger charge is -2.35. The molecule has 0 radical (unpaired) electrons. The van der Waals surface area contributed by atoms with E-state index in [1.165, 1.54) is 4.90 Å². The first kappa shape index (κ1) is 28.0. The number of imide groups is 1. The first-order chi connectivity index (χ1) is 20.4. The van der Waals surface area contributed by atoms with E-state index in [9.17, 15) is 19.5 Å². The highest BCUT2D eigenvalue weighted by Crippen LogP contribution is 2.53. The molecule has 3 aromatic carbocycles. The van der Waals surface area contributed by atoms with Crippen LogP contribution < -0.4 is 14.8 Å². The van der Waals surface area contributed by atoms with Crippen molar-refractivity contribution in [2.24, 2.45) is 11.8 Å². The molecule has 2 heterocycles. The number of likely N-dealkylation sites (tertiary alicyclic amines) is 1. The summed E-state index contributed by atoms with van der Waals surface area (Å²) in [5.74, 6) is -2.91. The highest BCUT2D eigenvalue weighted by atomic mass is 16.5. The number of hydrogen-bond acceptors (Lipinski definition) is 6. The van der Waals surface area contributed by atoms with Crippen molar-refractivity contribution >= 4 is 17.8 Å². The van der Waals surface area contributed by atoms with Crippen LogP contribution in [0, 0.1) is 11.8 Å². The third-order valence-corrected chi connectivity index (χ3v) is 9.13. The Morgan fingerprint density at radius 3 is 2.21 bits per heavy atom. The molecule has 8 heteroatoms. The number of nitrogens with zero attached hydrogens (tertiary/aromatic N) is 1. The molecule has 3 aliphatic rings. The summed E-state index contributed by atoms with van der Waals surface area (Å²) in [5.41, 5.74) is 0.635. The van der Waals surface area contributed by atoms with Crippen LogP contribution in [0.1, 0.15) is 54.8 Å². The van der Waals surface area contributed by atoms with Crippen molar-refractivity contribution in [2.45, 2.75) is 62.8 Å². The number of para-hydroxylation sites is 1. The molecule has 1 aliphatic carbocycles. The molecule has 8 nitrogen and oxygen atoms in total. The zero-order valence-electron chi connectivity index (χ0n) is 23.7. The largest absolute Gasteiger partial charge is 0.493 e. The third kappa shape index (κ3) is 4.83. The van der Waals surface area contributed by atoms with Crippen LogP contribution in [0.15, 0.2) is 78.9 Å². The highest BCUT2D eigenvalue weighted by molar-refractivity contribution is 6.10. The smallest absolute Gasteiger partial charge is 0.325 e. The number of carbonyl (C=O) groups is 3. The molecule has 218 valence electrons. The lowest BCUT2D eigenvalue weighted by molar-refractivity contribution is -0.152.